The Morgan fingerprint density at radius 3 is 1.98 bits per heavy atom. The highest BCUT2D eigenvalue weighted by Gasteiger charge is 2.35. The van der Waals surface area contributed by atoms with Gasteiger partial charge in [0.25, 0.3) is 0 Å². The second-order valence-corrected chi connectivity index (χ2v) is 12.1. The van der Waals surface area contributed by atoms with Crippen molar-refractivity contribution in [1.29, 1.82) is 0 Å². The van der Waals surface area contributed by atoms with Crippen molar-refractivity contribution < 1.29 is 35.9 Å². The zero-order valence-corrected chi connectivity index (χ0v) is 26.5. The summed E-state index contributed by atoms with van der Waals surface area (Å²) in [6.45, 7) is 4.09. The zero-order valence-electron chi connectivity index (χ0n) is 26.5. The second kappa shape index (κ2) is 14.3. The van der Waals surface area contributed by atoms with Gasteiger partial charge >= 0.3 is 18.4 Å². The predicted octanol–water partition coefficient (Wildman–Crippen LogP) is 9.72. The number of fused-ring (bicyclic) bond motifs is 3. The van der Waals surface area contributed by atoms with Crippen LogP contribution in [0.2, 0.25) is 0 Å². The molecule has 0 saturated heterocycles. The van der Waals surface area contributed by atoms with E-state index in [1.165, 1.54) is 12.1 Å². The van der Waals surface area contributed by atoms with Crippen LogP contribution in [0.4, 0.5) is 42.5 Å². The fourth-order valence-electron chi connectivity index (χ4n) is 6.16. The number of nitrogens with two attached hydrogens (primary N) is 1. The van der Waals surface area contributed by atoms with E-state index in [2.05, 4.69) is 16.0 Å². The van der Waals surface area contributed by atoms with Crippen LogP contribution >= 0.6 is 0 Å². The predicted molar refractivity (Wildman–Crippen MR) is 174 cm³/mol. The molecule has 0 aliphatic carbocycles. The van der Waals surface area contributed by atoms with Gasteiger partial charge in [-0.2, -0.15) is 26.3 Å². The van der Waals surface area contributed by atoms with E-state index in [-0.39, 0.29) is 24.7 Å². The molecule has 4 aromatic carbocycles. The number of halogens is 6. The van der Waals surface area contributed by atoms with Crippen LogP contribution in [0.15, 0.2) is 78.9 Å². The standard InChI is InChI=1S/C24H23F3N2O2.C12H15F3N2/c1-2-18-13-22(20-12-17(24(25,26)27)10-11-21(20)28-18)29-23(30)31-14-16-8-5-7-15-6-3-4-9-19(15)16;1-2-8-6-10(16)9-5-7(12(13,14)15)3-4-11(9)17-8/h3-12,18,22,28H,2,13-14H2,1H3,(H,29,30);3-5,8,10,17H,2,6,16H2,1H3/t18-,22+;8-,10+/m11/s1. The number of alkyl halides is 6. The number of benzene rings is 4. The fraction of sp³-hybridized carbons (Fsp3) is 0.361. The van der Waals surface area contributed by atoms with Gasteiger partial charge < -0.3 is 26.4 Å². The normalized spacial score (nSPS) is 20.3. The third-order valence-corrected chi connectivity index (χ3v) is 8.83. The van der Waals surface area contributed by atoms with Gasteiger partial charge in [-0.25, -0.2) is 4.79 Å². The van der Waals surface area contributed by atoms with Gasteiger partial charge in [-0.1, -0.05) is 56.3 Å². The highest BCUT2D eigenvalue weighted by molar-refractivity contribution is 5.85. The average Bonchev–Trinajstić information content (AvgIpc) is 3.06. The maximum absolute atomic E-state index is 13.2. The van der Waals surface area contributed by atoms with Crippen molar-refractivity contribution in [2.75, 3.05) is 10.6 Å². The van der Waals surface area contributed by atoms with Crippen molar-refractivity contribution in [2.45, 2.75) is 82.7 Å². The van der Waals surface area contributed by atoms with Crippen LogP contribution in [0.1, 0.15) is 79.4 Å². The molecule has 0 bridgehead atoms. The number of amides is 1. The molecule has 0 unspecified atom stereocenters. The lowest BCUT2D eigenvalue weighted by Gasteiger charge is -2.33. The molecule has 6 nitrogen and oxygen atoms in total. The number of rotatable bonds is 5. The van der Waals surface area contributed by atoms with Gasteiger partial charge in [0.1, 0.15) is 6.61 Å². The van der Waals surface area contributed by atoms with Gasteiger partial charge in [0.2, 0.25) is 0 Å². The van der Waals surface area contributed by atoms with Gasteiger partial charge in [-0.15, -0.1) is 0 Å². The number of alkyl carbamates (subject to hydrolysis) is 1. The summed E-state index contributed by atoms with van der Waals surface area (Å²) in [5.74, 6) is 0. The van der Waals surface area contributed by atoms with E-state index in [0.29, 0.717) is 29.7 Å². The number of anilines is 2. The molecule has 5 N–H and O–H groups in total. The first-order chi connectivity index (χ1) is 22.8. The van der Waals surface area contributed by atoms with Crippen molar-refractivity contribution in [3.63, 3.8) is 0 Å². The van der Waals surface area contributed by atoms with E-state index in [9.17, 15) is 31.1 Å². The molecular formula is C36H38F6N4O2. The van der Waals surface area contributed by atoms with Gasteiger partial charge in [0.15, 0.2) is 0 Å². The largest absolute Gasteiger partial charge is 0.445 e. The molecule has 12 heteroatoms. The molecule has 2 aliphatic heterocycles. The SMILES string of the molecule is CC[C@@H]1C[C@H](N)c2cc(C(F)(F)F)ccc2N1.CC[C@@H]1C[C@H](NC(=O)OCc2cccc3ccccc23)c2cc(C(F)(F)F)ccc2N1. The Kier molecular flexibility index (Phi) is 10.4. The molecule has 0 spiro atoms. The van der Waals surface area contributed by atoms with E-state index in [1.807, 2.05) is 56.3 Å². The topological polar surface area (TPSA) is 88.4 Å². The van der Waals surface area contributed by atoms with Crippen LogP contribution in [-0.4, -0.2) is 18.2 Å². The van der Waals surface area contributed by atoms with Gasteiger partial charge in [-0.05, 0) is 89.5 Å². The quantitative estimate of drug-likeness (QED) is 0.159. The maximum Gasteiger partial charge on any atom is 0.416 e. The van der Waals surface area contributed by atoms with Crippen LogP contribution < -0.4 is 21.7 Å². The van der Waals surface area contributed by atoms with Gasteiger partial charge in [0.05, 0.1) is 17.2 Å². The Morgan fingerprint density at radius 2 is 1.35 bits per heavy atom. The van der Waals surface area contributed by atoms with Crippen molar-refractivity contribution in [3.8, 4) is 0 Å². The molecular weight excluding hydrogens is 634 g/mol. The lowest BCUT2D eigenvalue weighted by Crippen LogP contribution is -2.37. The lowest BCUT2D eigenvalue weighted by molar-refractivity contribution is -0.138. The molecule has 0 saturated carbocycles. The molecule has 48 heavy (non-hydrogen) atoms. The van der Waals surface area contributed by atoms with Crippen molar-refractivity contribution >= 4 is 28.2 Å². The molecule has 6 rings (SSSR count). The molecule has 2 heterocycles. The first-order valence-corrected chi connectivity index (χ1v) is 15.9. The molecule has 4 aromatic rings. The zero-order chi connectivity index (χ0) is 34.6. The minimum absolute atomic E-state index is 0.0487. The molecule has 0 aromatic heterocycles. The number of carbonyl (C=O) groups is 1. The summed E-state index contributed by atoms with van der Waals surface area (Å²) in [6, 6.07) is 20.3. The fourth-order valence-corrected chi connectivity index (χ4v) is 6.16. The lowest BCUT2D eigenvalue weighted by atomic mass is 9.90. The van der Waals surface area contributed by atoms with Gasteiger partial charge in [-0.3, -0.25) is 0 Å². The third-order valence-electron chi connectivity index (χ3n) is 8.83. The maximum atomic E-state index is 13.2. The number of hydrogen-bond acceptors (Lipinski definition) is 5. The Balaban J connectivity index is 0.000000224. The molecule has 4 atom stereocenters. The van der Waals surface area contributed by atoms with Crippen LogP contribution in [0.3, 0.4) is 0 Å². The van der Waals surface area contributed by atoms with Crippen molar-refractivity contribution in [3.05, 3.63) is 107 Å². The van der Waals surface area contributed by atoms with Crippen LogP contribution in [0, 0.1) is 0 Å². The van der Waals surface area contributed by atoms with Crippen LogP contribution in [0.5, 0.6) is 0 Å². The highest BCUT2D eigenvalue weighted by atomic mass is 19.4. The van der Waals surface area contributed by atoms with E-state index in [0.717, 1.165) is 59.1 Å². The van der Waals surface area contributed by atoms with Crippen LogP contribution in [0.25, 0.3) is 10.8 Å². The molecule has 256 valence electrons. The molecule has 1 amide bonds. The van der Waals surface area contributed by atoms with E-state index in [4.69, 9.17) is 10.5 Å². The van der Waals surface area contributed by atoms with Gasteiger partial charge in [0, 0.05) is 29.5 Å². The number of ether oxygens (including phenoxy) is 1. The Morgan fingerprint density at radius 1 is 0.792 bits per heavy atom. The monoisotopic (exact) mass is 672 g/mol. The Labute approximate surface area is 275 Å². The summed E-state index contributed by atoms with van der Waals surface area (Å²) in [5, 5.41) is 11.3. The number of nitrogens with one attached hydrogen (secondary N) is 3. The number of carbonyl (C=O) groups excluding carboxylic acids is 1. The Bertz CT molecular complexity index is 1740. The highest BCUT2D eigenvalue weighted by Crippen LogP contribution is 2.39. The minimum Gasteiger partial charge on any atom is -0.445 e. The summed E-state index contributed by atoms with van der Waals surface area (Å²) in [7, 11) is 0. The van der Waals surface area contributed by atoms with E-state index in [1.54, 1.807) is 0 Å². The van der Waals surface area contributed by atoms with Crippen molar-refractivity contribution in [1.82, 2.24) is 5.32 Å². The van der Waals surface area contributed by atoms with Crippen LogP contribution in [-0.2, 0) is 23.7 Å². The summed E-state index contributed by atoms with van der Waals surface area (Å²) in [4.78, 5) is 12.5. The molecule has 0 fully saturated rings. The molecule has 2 aliphatic rings. The average molecular weight is 673 g/mol. The summed E-state index contributed by atoms with van der Waals surface area (Å²) in [6.07, 6.45) is -6.57. The smallest absolute Gasteiger partial charge is 0.416 e. The summed E-state index contributed by atoms with van der Waals surface area (Å²) in [5.41, 5.74) is 7.72. The minimum atomic E-state index is -4.45. The molecule has 0 radical (unpaired) electrons. The summed E-state index contributed by atoms with van der Waals surface area (Å²) >= 11 is 0. The third kappa shape index (κ3) is 8.15. The van der Waals surface area contributed by atoms with E-state index < -0.39 is 35.6 Å². The van der Waals surface area contributed by atoms with Crippen molar-refractivity contribution in [2.24, 2.45) is 5.73 Å². The second-order valence-electron chi connectivity index (χ2n) is 12.1. The summed E-state index contributed by atoms with van der Waals surface area (Å²) < 4.78 is 82.7. The first-order valence-electron chi connectivity index (χ1n) is 15.9. The first kappa shape index (κ1) is 34.9. The Hall–Kier alpha value is -4.45. The van der Waals surface area contributed by atoms with E-state index >= 15 is 0 Å². The number of hydrogen-bond donors (Lipinski definition) is 4.